The molecule has 4 atom stereocenters. The summed E-state index contributed by atoms with van der Waals surface area (Å²) in [4.78, 5) is 12.1. The van der Waals surface area contributed by atoms with Gasteiger partial charge in [-0.2, -0.15) is 0 Å². The zero-order chi connectivity index (χ0) is 13.0. The lowest BCUT2D eigenvalue weighted by Gasteiger charge is -2.21. The van der Waals surface area contributed by atoms with E-state index in [1.807, 2.05) is 0 Å². The number of ether oxygens (including phenoxy) is 1. The van der Waals surface area contributed by atoms with Crippen LogP contribution in [0.2, 0.25) is 0 Å². The first-order valence-electron chi connectivity index (χ1n) is 7.35. The molecule has 18 heavy (non-hydrogen) atoms. The van der Waals surface area contributed by atoms with Crippen LogP contribution in [-0.2, 0) is 9.53 Å². The minimum absolute atomic E-state index is 0.0627. The number of amides is 1. The fraction of sp³-hybridized carbons (Fsp3) is 0.929. The van der Waals surface area contributed by atoms with E-state index in [9.17, 15) is 4.79 Å². The Labute approximate surface area is 110 Å². The first-order chi connectivity index (χ1) is 8.76. The van der Waals surface area contributed by atoms with Gasteiger partial charge in [0, 0.05) is 13.2 Å². The van der Waals surface area contributed by atoms with Crippen molar-refractivity contribution in [1.82, 2.24) is 5.32 Å². The van der Waals surface area contributed by atoms with Crippen molar-refractivity contribution in [3.8, 4) is 0 Å². The number of hydrogen-bond donors (Lipinski definition) is 2. The summed E-state index contributed by atoms with van der Waals surface area (Å²) >= 11 is 0. The molecule has 1 aliphatic carbocycles. The van der Waals surface area contributed by atoms with Gasteiger partial charge in [0.1, 0.15) is 0 Å². The van der Waals surface area contributed by atoms with Gasteiger partial charge >= 0.3 is 0 Å². The Morgan fingerprint density at radius 2 is 2.11 bits per heavy atom. The summed E-state index contributed by atoms with van der Waals surface area (Å²) < 4.78 is 5.57. The van der Waals surface area contributed by atoms with Gasteiger partial charge in [-0.15, -0.1) is 0 Å². The van der Waals surface area contributed by atoms with Crippen molar-refractivity contribution in [2.45, 2.75) is 45.1 Å². The largest absolute Gasteiger partial charge is 0.377 e. The van der Waals surface area contributed by atoms with E-state index in [0.717, 1.165) is 32.5 Å². The Morgan fingerprint density at radius 3 is 2.83 bits per heavy atom. The highest BCUT2D eigenvalue weighted by atomic mass is 16.5. The minimum Gasteiger partial charge on any atom is -0.377 e. The SMILES string of the molecule is CCC1OCCC1C(=O)NCC1CCCC1CN. The summed E-state index contributed by atoms with van der Waals surface area (Å²) in [6.07, 6.45) is 5.61. The molecule has 0 aromatic heterocycles. The molecule has 1 aliphatic heterocycles. The normalized spacial score (nSPS) is 35.9. The van der Waals surface area contributed by atoms with Crippen molar-refractivity contribution in [2.24, 2.45) is 23.5 Å². The number of rotatable bonds is 5. The number of nitrogens with two attached hydrogens (primary N) is 1. The smallest absolute Gasteiger partial charge is 0.225 e. The molecular weight excluding hydrogens is 228 g/mol. The van der Waals surface area contributed by atoms with Gasteiger partial charge in [0.15, 0.2) is 0 Å². The number of carbonyl (C=O) groups is 1. The predicted octanol–water partition coefficient (Wildman–Crippen LogP) is 1.29. The summed E-state index contributed by atoms with van der Waals surface area (Å²) in [5.41, 5.74) is 5.76. The zero-order valence-corrected chi connectivity index (χ0v) is 11.4. The molecule has 104 valence electrons. The molecular formula is C14H26N2O2. The van der Waals surface area contributed by atoms with E-state index in [-0.39, 0.29) is 17.9 Å². The van der Waals surface area contributed by atoms with Gasteiger partial charge in [-0.25, -0.2) is 0 Å². The molecule has 0 radical (unpaired) electrons. The molecule has 0 aromatic carbocycles. The maximum absolute atomic E-state index is 12.1. The van der Waals surface area contributed by atoms with Crippen molar-refractivity contribution < 1.29 is 9.53 Å². The second-order valence-corrected chi connectivity index (χ2v) is 5.64. The summed E-state index contributed by atoms with van der Waals surface area (Å²) in [5, 5.41) is 3.12. The molecule has 1 heterocycles. The van der Waals surface area contributed by atoms with Crippen molar-refractivity contribution in [1.29, 1.82) is 0 Å². The number of nitrogens with one attached hydrogen (secondary N) is 1. The van der Waals surface area contributed by atoms with Gasteiger partial charge in [-0.05, 0) is 44.1 Å². The predicted molar refractivity (Wildman–Crippen MR) is 71.0 cm³/mol. The molecule has 2 aliphatic rings. The van der Waals surface area contributed by atoms with Gasteiger partial charge in [0.05, 0.1) is 12.0 Å². The van der Waals surface area contributed by atoms with Crippen LogP contribution < -0.4 is 11.1 Å². The van der Waals surface area contributed by atoms with Crippen molar-refractivity contribution in [3.63, 3.8) is 0 Å². The van der Waals surface area contributed by atoms with Gasteiger partial charge in [0.2, 0.25) is 5.91 Å². The molecule has 0 aromatic rings. The summed E-state index contributed by atoms with van der Waals surface area (Å²) in [5.74, 6) is 1.43. The van der Waals surface area contributed by atoms with Crippen LogP contribution in [0.1, 0.15) is 39.0 Å². The maximum Gasteiger partial charge on any atom is 0.225 e. The van der Waals surface area contributed by atoms with Crippen molar-refractivity contribution in [3.05, 3.63) is 0 Å². The maximum atomic E-state index is 12.1. The average molecular weight is 254 g/mol. The molecule has 4 nitrogen and oxygen atoms in total. The Bertz CT molecular complexity index is 283. The standard InChI is InChI=1S/C14H26N2O2/c1-2-13-12(6-7-18-13)14(17)16-9-11-5-3-4-10(11)8-15/h10-13H,2-9,15H2,1H3,(H,16,17). The van der Waals surface area contributed by atoms with Gasteiger partial charge in [0.25, 0.3) is 0 Å². The van der Waals surface area contributed by atoms with E-state index in [4.69, 9.17) is 10.5 Å². The topological polar surface area (TPSA) is 64.3 Å². The highest BCUT2D eigenvalue weighted by molar-refractivity contribution is 5.79. The number of carbonyl (C=O) groups excluding carboxylic acids is 1. The van der Waals surface area contributed by atoms with Crippen LogP contribution in [0, 0.1) is 17.8 Å². The summed E-state index contributed by atoms with van der Waals surface area (Å²) in [6.45, 7) is 4.36. The molecule has 4 unspecified atom stereocenters. The Hall–Kier alpha value is -0.610. The lowest BCUT2D eigenvalue weighted by molar-refractivity contribution is -0.126. The third-order valence-electron chi connectivity index (χ3n) is 4.61. The highest BCUT2D eigenvalue weighted by Gasteiger charge is 2.33. The third-order valence-corrected chi connectivity index (χ3v) is 4.61. The van der Waals surface area contributed by atoms with E-state index in [1.165, 1.54) is 19.3 Å². The molecule has 2 rings (SSSR count). The van der Waals surface area contributed by atoms with Crippen LogP contribution in [0.3, 0.4) is 0 Å². The minimum atomic E-state index is 0.0627. The number of hydrogen-bond acceptors (Lipinski definition) is 3. The average Bonchev–Trinajstić information content (AvgIpc) is 3.03. The van der Waals surface area contributed by atoms with Crippen molar-refractivity contribution in [2.75, 3.05) is 19.7 Å². The van der Waals surface area contributed by atoms with Crippen LogP contribution in [0.15, 0.2) is 0 Å². The lowest BCUT2D eigenvalue weighted by Crippen LogP contribution is -2.39. The van der Waals surface area contributed by atoms with Gasteiger partial charge in [-0.1, -0.05) is 13.3 Å². The van der Waals surface area contributed by atoms with Crippen LogP contribution >= 0.6 is 0 Å². The van der Waals surface area contributed by atoms with Gasteiger partial charge in [-0.3, -0.25) is 4.79 Å². The fourth-order valence-corrected chi connectivity index (χ4v) is 3.41. The Morgan fingerprint density at radius 1 is 1.33 bits per heavy atom. The molecule has 0 spiro atoms. The van der Waals surface area contributed by atoms with E-state index < -0.39 is 0 Å². The monoisotopic (exact) mass is 254 g/mol. The lowest BCUT2D eigenvalue weighted by atomic mass is 9.95. The van der Waals surface area contributed by atoms with E-state index in [0.29, 0.717) is 11.8 Å². The van der Waals surface area contributed by atoms with Crippen LogP contribution in [-0.4, -0.2) is 31.7 Å². The summed E-state index contributed by atoms with van der Waals surface area (Å²) in [6, 6.07) is 0. The fourth-order valence-electron chi connectivity index (χ4n) is 3.41. The van der Waals surface area contributed by atoms with Crippen LogP contribution in [0.5, 0.6) is 0 Å². The third kappa shape index (κ3) is 3.04. The molecule has 4 heteroatoms. The van der Waals surface area contributed by atoms with Gasteiger partial charge < -0.3 is 15.8 Å². The van der Waals surface area contributed by atoms with Crippen LogP contribution in [0.25, 0.3) is 0 Å². The zero-order valence-electron chi connectivity index (χ0n) is 11.4. The molecule has 3 N–H and O–H groups in total. The first-order valence-corrected chi connectivity index (χ1v) is 7.35. The Kier molecular flexibility index (Phi) is 5.01. The Balaban J connectivity index is 1.77. The molecule has 1 amide bonds. The first kappa shape index (κ1) is 13.8. The molecule has 0 bridgehead atoms. The molecule has 1 saturated heterocycles. The molecule has 2 fully saturated rings. The molecule has 1 saturated carbocycles. The van der Waals surface area contributed by atoms with Crippen LogP contribution in [0.4, 0.5) is 0 Å². The highest BCUT2D eigenvalue weighted by Crippen LogP contribution is 2.30. The van der Waals surface area contributed by atoms with E-state index in [1.54, 1.807) is 0 Å². The second kappa shape index (κ2) is 6.53. The summed E-state index contributed by atoms with van der Waals surface area (Å²) in [7, 11) is 0. The second-order valence-electron chi connectivity index (χ2n) is 5.64. The van der Waals surface area contributed by atoms with Crippen molar-refractivity contribution >= 4 is 5.91 Å². The van der Waals surface area contributed by atoms with E-state index >= 15 is 0 Å². The quantitative estimate of drug-likeness (QED) is 0.777. The van der Waals surface area contributed by atoms with E-state index in [2.05, 4.69) is 12.2 Å².